The molecule has 1 fully saturated rings. The maximum atomic E-state index is 5.40. The zero-order valence-corrected chi connectivity index (χ0v) is 11.2. The van der Waals surface area contributed by atoms with Gasteiger partial charge in [-0.25, -0.2) is 0 Å². The molecule has 1 aromatic carbocycles. The highest BCUT2D eigenvalue weighted by Crippen LogP contribution is 2.17. The van der Waals surface area contributed by atoms with E-state index in [1.54, 1.807) is 0 Å². The lowest BCUT2D eigenvalue weighted by atomic mass is 10.0. The number of nitrogens with one attached hydrogen (secondary N) is 1. The number of rotatable bonds is 4. The molecule has 2 unspecified atom stereocenters. The number of hydrogen-bond donors (Lipinski definition) is 1. The zero-order valence-electron chi connectivity index (χ0n) is 9.58. The van der Waals surface area contributed by atoms with Crippen molar-refractivity contribution in [2.75, 3.05) is 13.2 Å². The van der Waals surface area contributed by atoms with Gasteiger partial charge in [0.05, 0.1) is 6.61 Å². The molecule has 0 bridgehead atoms. The Morgan fingerprint density at radius 2 is 2.19 bits per heavy atom. The first-order chi connectivity index (χ1) is 7.75. The fraction of sp³-hybridized carbons (Fsp3) is 0.538. The molecule has 0 spiro atoms. The predicted octanol–water partition coefficient (Wildman–Crippen LogP) is 2.96. The Kier molecular flexibility index (Phi) is 4.38. The van der Waals surface area contributed by atoms with Crippen molar-refractivity contribution >= 4 is 15.9 Å². The number of ether oxygens (including phenoxy) is 1. The highest BCUT2D eigenvalue weighted by molar-refractivity contribution is 9.10. The molecule has 0 aromatic heterocycles. The average molecular weight is 284 g/mol. The van der Waals surface area contributed by atoms with Crippen molar-refractivity contribution in [2.24, 2.45) is 5.92 Å². The van der Waals surface area contributed by atoms with Gasteiger partial charge < -0.3 is 10.1 Å². The predicted molar refractivity (Wildman–Crippen MR) is 69.4 cm³/mol. The van der Waals surface area contributed by atoms with Gasteiger partial charge in [-0.3, -0.25) is 0 Å². The second-order valence-corrected chi connectivity index (χ2v) is 5.34. The van der Waals surface area contributed by atoms with Crippen molar-refractivity contribution in [1.82, 2.24) is 5.32 Å². The van der Waals surface area contributed by atoms with E-state index in [0.29, 0.717) is 12.0 Å². The molecular weight excluding hydrogens is 266 g/mol. The third-order valence-corrected chi connectivity index (χ3v) is 3.74. The largest absolute Gasteiger partial charge is 0.381 e. The van der Waals surface area contributed by atoms with Crippen LogP contribution in [0, 0.1) is 5.92 Å². The van der Waals surface area contributed by atoms with Crippen molar-refractivity contribution in [2.45, 2.75) is 25.9 Å². The first-order valence-electron chi connectivity index (χ1n) is 5.81. The van der Waals surface area contributed by atoms with Crippen LogP contribution in [0.2, 0.25) is 0 Å². The molecule has 2 rings (SSSR count). The van der Waals surface area contributed by atoms with E-state index in [1.807, 2.05) is 0 Å². The number of benzene rings is 1. The molecule has 0 aliphatic carbocycles. The van der Waals surface area contributed by atoms with E-state index >= 15 is 0 Å². The monoisotopic (exact) mass is 283 g/mol. The maximum absolute atomic E-state index is 5.40. The molecule has 2 atom stereocenters. The molecule has 1 heterocycles. The van der Waals surface area contributed by atoms with Gasteiger partial charge in [-0.15, -0.1) is 0 Å². The van der Waals surface area contributed by atoms with Crippen LogP contribution in [0.25, 0.3) is 0 Å². The van der Waals surface area contributed by atoms with E-state index in [4.69, 9.17) is 4.74 Å². The van der Waals surface area contributed by atoms with E-state index < -0.39 is 0 Å². The fourth-order valence-corrected chi connectivity index (χ4v) is 2.26. The van der Waals surface area contributed by atoms with Crippen molar-refractivity contribution in [3.8, 4) is 0 Å². The Morgan fingerprint density at radius 3 is 2.81 bits per heavy atom. The zero-order chi connectivity index (χ0) is 11.4. The molecule has 0 amide bonds. The summed E-state index contributed by atoms with van der Waals surface area (Å²) in [6.45, 7) is 5.02. The lowest BCUT2D eigenvalue weighted by Crippen LogP contribution is -2.33. The smallest absolute Gasteiger partial charge is 0.0509 e. The Hall–Kier alpha value is -0.380. The molecule has 2 nitrogen and oxygen atoms in total. The maximum Gasteiger partial charge on any atom is 0.0509 e. The summed E-state index contributed by atoms with van der Waals surface area (Å²) >= 11 is 3.44. The minimum absolute atomic E-state index is 0.533. The van der Waals surface area contributed by atoms with Gasteiger partial charge in [-0.05, 0) is 37.0 Å². The van der Waals surface area contributed by atoms with Crippen LogP contribution in [-0.4, -0.2) is 19.3 Å². The molecular formula is C13H18BrNO. The Bertz CT molecular complexity index is 319. The summed E-state index contributed by atoms with van der Waals surface area (Å²) in [6, 6.07) is 9.00. The Morgan fingerprint density at radius 1 is 1.44 bits per heavy atom. The van der Waals surface area contributed by atoms with Crippen LogP contribution in [0.4, 0.5) is 0 Å². The molecule has 1 aliphatic rings. The van der Waals surface area contributed by atoms with Gasteiger partial charge in [0.15, 0.2) is 0 Å². The van der Waals surface area contributed by atoms with Gasteiger partial charge in [-0.1, -0.05) is 28.1 Å². The summed E-state index contributed by atoms with van der Waals surface area (Å²) in [6.07, 6.45) is 1.19. The second kappa shape index (κ2) is 5.80. The highest BCUT2D eigenvalue weighted by atomic mass is 79.9. The molecule has 1 aromatic rings. The molecule has 0 saturated carbocycles. The minimum atomic E-state index is 0.533. The summed E-state index contributed by atoms with van der Waals surface area (Å²) in [5.41, 5.74) is 1.33. The summed E-state index contributed by atoms with van der Waals surface area (Å²) in [4.78, 5) is 0. The molecule has 16 heavy (non-hydrogen) atoms. The first-order valence-corrected chi connectivity index (χ1v) is 6.60. The van der Waals surface area contributed by atoms with E-state index in [1.165, 1.54) is 12.0 Å². The quantitative estimate of drug-likeness (QED) is 0.917. The minimum Gasteiger partial charge on any atom is -0.381 e. The number of hydrogen-bond acceptors (Lipinski definition) is 2. The summed E-state index contributed by atoms with van der Waals surface area (Å²) in [5.74, 6) is 0.676. The summed E-state index contributed by atoms with van der Waals surface area (Å²) in [5, 5.41) is 3.56. The van der Waals surface area contributed by atoms with Gasteiger partial charge in [0.2, 0.25) is 0 Å². The van der Waals surface area contributed by atoms with Crippen LogP contribution in [0.1, 0.15) is 18.9 Å². The van der Waals surface area contributed by atoms with E-state index in [-0.39, 0.29) is 0 Å². The fourth-order valence-electron chi connectivity index (χ4n) is 1.99. The highest BCUT2D eigenvalue weighted by Gasteiger charge is 2.21. The standard InChI is InChI=1S/C13H18BrNO/c1-10(12-6-7-16-9-12)15-8-11-2-4-13(14)5-3-11/h2-5,10,12,15H,6-9H2,1H3. The van der Waals surface area contributed by atoms with Gasteiger partial charge in [0.1, 0.15) is 0 Å². The van der Waals surface area contributed by atoms with Gasteiger partial charge >= 0.3 is 0 Å². The van der Waals surface area contributed by atoms with E-state index in [2.05, 4.69) is 52.4 Å². The first kappa shape index (κ1) is 12.1. The van der Waals surface area contributed by atoms with Crippen LogP contribution in [0.5, 0.6) is 0 Å². The lowest BCUT2D eigenvalue weighted by molar-refractivity contribution is 0.178. The Balaban J connectivity index is 1.80. The molecule has 1 N–H and O–H groups in total. The number of halogens is 1. The topological polar surface area (TPSA) is 21.3 Å². The van der Waals surface area contributed by atoms with Crippen molar-refractivity contribution in [1.29, 1.82) is 0 Å². The average Bonchev–Trinajstić information content (AvgIpc) is 2.81. The molecule has 1 saturated heterocycles. The second-order valence-electron chi connectivity index (χ2n) is 4.42. The van der Waals surface area contributed by atoms with Crippen LogP contribution in [-0.2, 0) is 11.3 Å². The SMILES string of the molecule is CC(NCc1ccc(Br)cc1)C1CCOC1. The third-order valence-electron chi connectivity index (χ3n) is 3.21. The molecule has 1 aliphatic heterocycles. The van der Waals surface area contributed by atoms with Crippen LogP contribution in [0.15, 0.2) is 28.7 Å². The molecule has 88 valence electrons. The van der Waals surface area contributed by atoms with Crippen LogP contribution in [0.3, 0.4) is 0 Å². The summed E-state index contributed by atoms with van der Waals surface area (Å²) < 4.78 is 6.53. The van der Waals surface area contributed by atoms with Crippen LogP contribution >= 0.6 is 15.9 Å². The van der Waals surface area contributed by atoms with Gasteiger partial charge in [0, 0.05) is 23.7 Å². The third kappa shape index (κ3) is 3.30. The van der Waals surface area contributed by atoms with Crippen LogP contribution < -0.4 is 5.32 Å². The van der Waals surface area contributed by atoms with Gasteiger partial charge in [-0.2, -0.15) is 0 Å². The van der Waals surface area contributed by atoms with E-state index in [0.717, 1.165) is 24.2 Å². The Labute approximate surface area is 106 Å². The normalized spacial score (nSPS) is 22.2. The molecule has 3 heteroatoms. The van der Waals surface area contributed by atoms with Crippen molar-refractivity contribution in [3.05, 3.63) is 34.3 Å². The van der Waals surface area contributed by atoms with E-state index in [9.17, 15) is 0 Å². The van der Waals surface area contributed by atoms with Crippen molar-refractivity contribution < 1.29 is 4.74 Å². The van der Waals surface area contributed by atoms with Gasteiger partial charge in [0.25, 0.3) is 0 Å². The summed E-state index contributed by atoms with van der Waals surface area (Å²) in [7, 11) is 0. The molecule has 0 radical (unpaired) electrons. The van der Waals surface area contributed by atoms with Crippen molar-refractivity contribution in [3.63, 3.8) is 0 Å². The lowest BCUT2D eigenvalue weighted by Gasteiger charge is -2.19.